The van der Waals surface area contributed by atoms with Gasteiger partial charge in [-0.3, -0.25) is 9.59 Å². The third kappa shape index (κ3) is 2.74. The van der Waals surface area contributed by atoms with Gasteiger partial charge in [0, 0.05) is 20.4 Å². The first kappa shape index (κ1) is 12.3. The number of hydrogen-bond donors (Lipinski definition) is 1. The number of hydrogen-bond acceptors (Lipinski definition) is 4. The van der Waals surface area contributed by atoms with Gasteiger partial charge in [-0.15, -0.1) is 0 Å². The number of Topliss-reactive ketones (excluding diaryl/α,β-unsaturated/α-hetero) is 1. The van der Waals surface area contributed by atoms with Crippen LogP contribution in [-0.2, 0) is 16.0 Å². The second kappa shape index (κ2) is 5.00. The minimum Gasteiger partial charge on any atom is -0.441 e. The molecule has 5 heteroatoms. The van der Waals surface area contributed by atoms with E-state index in [1.54, 1.807) is 6.92 Å². The lowest BCUT2D eigenvalue weighted by molar-refractivity contribution is -0.136. The molecule has 0 saturated heterocycles. The molecule has 0 fully saturated rings. The molecule has 0 spiro atoms. The van der Waals surface area contributed by atoms with Crippen LogP contribution in [0.3, 0.4) is 0 Å². The average Bonchev–Trinajstić information content (AvgIpc) is 2.68. The Morgan fingerprint density at radius 3 is 2.89 bits per heavy atom. The van der Waals surface area contributed by atoms with E-state index in [0.29, 0.717) is 18.9 Å². The first-order valence-corrected chi connectivity index (χ1v) is 5.71. The van der Waals surface area contributed by atoms with Gasteiger partial charge in [0.15, 0.2) is 11.5 Å². The van der Waals surface area contributed by atoms with E-state index < -0.39 is 11.7 Å². The van der Waals surface area contributed by atoms with Gasteiger partial charge < -0.3 is 9.73 Å². The molecule has 2 aromatic rings. The normalized spacial score (nSPS) is 10.6. The van der Waals surface area contributed by atoms with Crippen molar-refractivity contribution in [1.29, 1.82) is 0 Å². The predicted octanol–water partition coefficient (Wildman–Crippen LogP) is 1.38. The summed E-state index contributed by atoms with van der Waals surface area (Å²) in [4.78, 5) is 26.0. The predicted molar refractivity (Wildman–Crippen MR) is 66.1 cm³/mol. The van der Waals surface area contributed by atoms with Crippen LogP contribution >= 0.6 is 0 Å². The number of ketones is 1. The lowest BCUT2D eigenvalue weighted by Gasteiger charge is -2.02. The zero-order valence-electron chi connectivity index (χ0n) is 10.3. The van der Waals surface area contributed by atoms with Crippen molar-refractivity contribution in [2.45, 2.75) is 20.3 Å². The Morgan fingerprint density at radius 2 is 2.17 bits per heavy atom. The summed E-state index contributed by atoms with van der Waals surface area (Å²) in [6.45, 7) is 3.48. The number of aromatic nitrogens is 1. The molecule has 1 amide bonds. The van der Waals surface area contributed by atoms with Crippen molar-refractivity contribution in [3.05, 3.63) is 29.7 Å². The van der Waals surface area contributed by atoms with Gasteiger partial charge in [0.2, 0.25) is 5.78 Å². The molecule has 0 aliphatic heterocycles. The summed E-state index contributed by atoms with van der Waals surface area (Å²) in [6.07, 6.45) is 0.654. The minimum absolute atomic E-state index is 0.431. The molecule has 1 aromatic heterocycles. The number of carbonyl (C=O) groups is 2. The molecule has 0 radical (unpaired) electrons. The van der Waals surface area contributed by atoms with Gasteiger partial charge in [0.1, 0.15) is 5.52 Å². The Kier molecular flexibility index (Phi) is 3.41. The molecule has 1 heterocycles. The number of carbonyl (C=O) groups excluding carboxylic acids is 2. The second-order valence-corrected chi connectivity index (χ2v) is 4.10. The molecule has 2 rings (SSSR count). The molecule has 0 atom stereocenters. The standard InChI is InChI=1S/C13H14N2O3/c1-8(16)13(17)14-6-5-10-3-4-12-11(7-10)15-9(2)18-12/h3-4,7H,5-6H2,1-2H3,(H,14,17). The summed E-state index contributed by atoms with van der Waals surface area (Å²) in [7, 11) is 0. The maximum atomic E-state index is 11.1. The first-order chi connectivity index (χ1) is 8.56. The number of nitrogens with zero attached hydrogens (tertiary/aromatic N) is 1. The lowest BCUT2D eigenvalue weighted by atomic mass is 10.1. The van der Waals surface area contributed by atoms with Gasteiger partial charge >= 0.3 is 0 Å². The number of oxazole rings is 1. The number of aryl methyl sites for hydroxylation is 1. The molecular weight excluding hydrogens is 232 g/mol. The molecule has 0 unspecified atom stereocenters. The quantitative estimate of drug-likeness (QED) is 0.827. The maximum Gasteiger partial charge on any atom is 0.287 e. The molecule has 0 aliphatic carbocycles. The first-order valence-electron chi connectivity index (χ1n) is 5.71. The summed E-state index contributed by atoms with van der Waals surface area (Å²) in [5.41, 5.74) is 2.60. The van der Waals surface area contributed by atoms with E-state index in [-0.39, 0.29) is 0 Å². The molecule has 18 heavy (non-hydrogen) atoms. The van der Waals surface area contributed by atoms with Gasteiger partial charge in [0.05, 0.1) is 0 Å². The molecule has 1 aromatic carbocycles. The highest BCUT2D eigenvalue weighted by Gasteiger charge is 2.07. The van der Waals surface area contributed by atoms with E-state index in [4.69, 9.17) is 4.42 Å². The van der Waals surface area contributed by atoms with Crippen LogP contribution in [0.1, 0.15) is 18.4 Å². The van der Waals surface area contributed by atoms with Crippen molar-refractivity contribution < 1.29 is 14.0 Å². The van der Waals surface area contributed by atoms with Crippen LogP contribution in [0.2, 0.25) is 0 Å². The van der Waals surface area contributed by atoms with Crippen LogP contribution in [0.25, 0.3) is 11.1 Å². The van der Waals surface area contributed by atoms with Gasteiger partial charge in [0.25, 0.3) is 5.91 Å². The van der Waals surface area contributed by atoms with E-state index in [0.717, 1.165) is 16.7 Å². The number of benzene rings is 1. The Balaban J connectivity index is 1.99. The SMILES string of the molecule is CC(=O)C(=O)NCCc1ccc2oc(C)nc2c1. The smallest absolute Gasteiger partial charge is 0.287 e. The Bertz CT molecular complexity index is 601. The molecule has 5 nitrogen and oxygen atoms in total. The van der Waals surface area contributed by atoms with Crippen LogP contribution in [0, 0.1) is 6.92 Å². The minimum atomic E-state index is -0.548. The summed E-state index contributed by atoms with van der Waals surface area (Å²) < 4.78 is 5.37. The topological polar surface area (TPSA) is 72.2 Å². The zero-order chi connectivity index (χ0) is 13.1. The van der Waals surface area contributed by atoms with Crippen molar-refractivity contribution in [3.8, 4) is 0 Å². The van der Waals surface area contributed by atoms with Crippen LogP contribution in [0.15, 0.2) is 22.6 Å². The highest BCUT2D eigenvalue weighted by molar-refractivity contribution is 6.35. The van der Waals surface area contributed by atoms with Crippen molar-refractivity contribution in [2.24, 2.45) is 0 Å². The monoisotopic (exact) mass is 246 g/mol. The second-order valence-electron chi connectivity index (χ2n) is 4.10. The Hall–Kier alpha value is -2.17. The maximum absolute atomic E-state index is 11.1. The van der Waals surface area contributed by atoms with Crippen LogP contribution < -0.4 is 5.32 Å². The molecule has 94 valence electrons. The van der Waals surface area contributed by atoms with E-state index >= 15 is 0 Å². The van der Waals surface area contributed by atoms with E-state index in [9.17, 15) is 9.59 Å². The molecule has 1 N–H and O–H groups in total. The highest BCUT2D eigenvalue weighted by atomic mass is 16.3. The van der Waals surface area contributed by atoms with Crippen LogP contribution in [-0.4, -0.2) is 23.2 Å². The zero-order valence-corrected chi connectivity index (χ0v) is 10.3. The molecular formula is C13H14N2O3. The molecule has 0 bridgehead atoms. The summed E-state index contributed by atoms with van der Waals surface area (Å²) in [5, 5.41) is 2.55. The largest absolute Gasteiger partial charge is 0.441 e. The lowest BCUT2D eigenvalue weighted by Crippen LogP contribution is -2.30. The van der Waals surface area contributed by atoms with Crippen molar-refractivity contribution >= 4 is 22.8 Å². The number of amides is 1. The van der Waals surface area contributed by atoms with Crippen molar-refractivity contribution in [1.82, 2.24) is 10.3 Å². The fraction of sp³-hybridized carbons (Fsp3) is 0.308. The van der Waals surface area contributed by atoms with Crippen molar-refractivity contribution in [3.63, 3.8) is 0 Å². The van der Waals surface area contributed by atoms with Gasteiger partial charge in [-0.2, -0.15) is 0 Å². The fourth-order valence-electron chi connectivity index (χ4n) is 1.69. The number of nitrogens with one attached hydrogen (secondary N) is 1. The highest BCUT2D eigenvalue weighted by Crippen LogP contribution is 2.16. The number of fused-ring (bicyclic) bond motifs is 1. The van der Waals surface area contributed by atoms with E-state index in [1.165, 1.54) is 6.92 Å². The van der Waals surface area contributed by atoms with E-state index in [2.05, 4.69) is 10.3 Å². The van der Waals surface area contributed by atoms with Crippen molar-refractivity contribution in [2.75, 3.05) is 6.54 Å². The summed E-state index contributed by atoms with van der Waals surface area (Å²) in [5.74, 6) is -0.391. The van der Waals surface area contributed by atoms with Gasteiger partial charge in [-0.05, 0) is 24.1 Å². The molecule has 0 aliphatic rings. The van der Waals surface area contributed by atoms with Crippen LogP contribution in [0.4, 0.5) is 0 Å². The summed E-state index contributed by atoms with van der Waals surface area (Å²) in [6, 6.07) is 5.70. The Labute approximate surface area is 104 Å². The average molecular weight is 246 g/mol. The fourth-order valence-corrected chi connectivity index (χ4v) is 1.69. The third-order valence-electron chi connectivity index (χ3n) is 2.58. The third-order valence-corrected chi connectivity index (χ3v) is 2.58. The van der Waals surface area contributed by atoms with E-state index in [1.807, 2.05) is 18.2 Å². The molecule has 0 saturated carbocycles. The summed E-state index contributed by atoms with van der Waals surface area (Å²) >= 11 is 0. The van der Waals surface area contributed by atoms with Gasteiger partial charge in [-0.25, -0.2) is 4.98 Å². The van der Waals surface area contributed by atoms with Crippen LogP contribution in [0.5, 0.6) is 0 Å². The van der Waals surface area contributed by atoms with Gasteiger partial charge in [-0.1, -0.05) is 6.07 Å². The Morgan fingerprint density at radius 1 is 1.39 bits per heavy atom. The number of rotatable bonds is 4.